The van der Waals surface area contributed by atoms with E-state index >= 15 is 0 Å². The van der Waals surface area contributed by atoms with E-state index in [2.05, 4.69) is 0 Å². The fourth-order valence-electron chi connectivity index (χ4n) is 1.64. The Labute approximate surface area is 101 Å². The average Bonchev–Trinajstić information content (AvgIpc) is 2.28. The van der Waals surface area contributed by atoms with Gasteiger partial charge in [-0.2, -0.15) is 0 Å². The standard InChI is InChI=1S/C13H17NO3/c1-4-14(8-12(15)16)13(17)11-7-5-6-9(2)10(11)3/h5-7H,4,8H2,1-3H3,(H,15,16). The zero-order chi connectivity index (χ0) is 13.0. The molecule has 0 aliphatic rings. The van der Waals surface area contributed by atoms with Crippen molar-refractivity contribution in [2.24, 2.45) is 0 Å². The number of nitrogens with zero attached hydrogens (tertiary/aromatic N) is 1. The zero-order valence-corrected chi connectivity index (χ0v) is 10.4. The van der Waals surface area contributed by atoms with E-state index in [1.165, 1.54) is 4.90 Å². The molecule has 1 aromatic carbocycles. The van der Waals surface area contributed by atoms with Gasteiger partial charge in [0.2, 0.25) is 0 Å². The van der Waals surface area contributed by atoms with E-state index in [1.54, 1.807) is 13.0 Å². The number of carboxylic acids is 1. The van der Waals surface area contributed by atoms with Gasteiger partial charge >= 0.3 is 5.97 Å². The lowest BCUT2D eigenvalue weighted by Gasteiger charge is -2.20. The molecular weight excluding hydrogens is 218 g/mol. The van der Waals surface area contributed by atoms with Crippen LogP contribution in [-0.4, -0.2) is 35.0 Å². The van der Waals surface area contributed by atoms with Gasteiger partial charge in [0.1, 0.15) is 6.54 Å². The van der Waals surface area contributed by atoms with Gasteiger partial charge in [0.15, 0.2) is 0 Å². The first-order chi connectivity index (χ1) is 7.97. The van der Waals surface area contributed by atoms with Crippen LogP contribution < -0.4 is 0 Å². The maximum atomic E-state index is 12.1. The minimum absolute atomic E-state index is 0.226. The predicted octanol–water partition coefficient (Wildman–Crippen LogP) is 1.85. The number of carboxylic acid groups (broad SMARTS) is 1. The van der Waals surface area contributed by atoms with Crippen molar-refractivity contribution in [2.45, 2.75) is 20.8 Å². The van der Waals surface area contributed by atoms with E-state index in [-0.39, 0.29) is 12.5 Å². The van der Waals surface area contributed by atoms with Crippen LogP contribution in [0.1, 0.15) is 28.4 Å². The van der Waals surface area contributed by atoms with Crippen molar-refractivity contribution >= 4 is 11.9 Å². The van der Waals surface area contributed by atoms with Crippen LogP contribution >= 0.6 is 0 Å². The summed E-state index contributed by atoms with van der Waals surface area (Å²) in [5.74, 6) is -1.22. The summed E-state index contributed by atoms with van der Waals surface area (Å²) in [6.07, 6.45) is 0. The lowest BCUT2D eigenvalue weighted by molar-refractivity contribution is -0.137. The van der Waals surface area contributed by atoms with Gasteiger partial charge < -0.3 is 10.0 Å². The topological polar surface area (TPSA) is 57.6 Å². The Kier molecular flexibility index (Phi) is 4.26. The van der Waals surface area contributed by atoms with Crippen molar-refractivity contribution in [1.29, 1.82) is 0 Å². The number of aliphatic carboxylic acids is 1. The smallest absolute Gasteiger partial charge is 0.323 e. The molecule has 0 heterocycles. The summed E-state index contributed by atoms with van der Waals surface area (Å²) in [6.45, 7) is 5.70. The highest BCUT2D eigenvalue weighted by Gasteiger charge is 2.18. The second-order valence-electron chi connectivity index (χ2n) is 3.96. The van der Waals surface area contributed by atoms with E-state index in [4.69, 9.17) is 5.11 Å². The van der Waals surface area contributed by atoms with Crippen LogP contribution in [0.15, 0.2) is 18.2 Å². The Morgan fingerprint density at radius 3 is 2.47 bits per heavy atom. The average molecular weight is 235 g/mol. The van der Waals surface area contributed by atoms with Gasteiger partial charge in [0, 0.05) is 12.1 Å². The van der Waals surface area contributed by atoms with E-state index < -0.39 is 5.97 Å². The van der Waals surface area contributed by atoms with Gasteiger partial charge in [0.25, 0.3) is 5.91 Å². The van der Waals surface area contributed by atoms with E-state index in [0.29, 0.717) is 12.1 Å². The molecule has 1 amide bonds. The van der Waals surface area contributed by atoms with Crippen molar-refractivity contribution < 1.29 is 14.7 Å². The van der Waals surface area contributed by atoms with Gasteiger partial charge in [-0.1, -0.05) is 12.1 Å². The van der Waals surface area contributed by atoms with Crippen LogP contribution in [0, 0.1) is 13.8 Å². The van der Waals surface area contributed by atoms with Crippen LogP contribution in [0.4, 0.5) is 0 Å². The maximum Gasteiger partial charge on any atom is 0.323 e. The molecule has 0 aromatic heterocycles. The molecule has 4 heteroatoms. The first-order valence-electron chi connectivity index (χ1n) is 5.54. The number of hydrogen-bond acceptors (Lipinski definition) is 2. The molecular formula is C13H17NO3. The number of likely N-dealkylation sites (N-methyl/N-ethyl adjacent to an activating group) is 1. The molecule has 17 heavy (non-hydrogen) atoms. The minimum Gasteiger partial charge on any atom is -0.480 e. The highest BCUT2D eigenvalue weighted by Crippen LogP contribution is 2.14. The van der Waals surface area contributed by atoms with Gasteiger partial charge in [-0.05, 0) is 38.0 Å². The van der Waals surface area contributed by atoms with E-state index in [9.17, 15) is 9.59 Å². The highest BCUT2D eigenvalue weighted by molar-refractivity contribution is 5.97. The number of benzene rings is 1. The second kappa shape index (κ2) is 5.48. The monoisotopic (exact) mass is 235 g/mol. The predicted molar refractivity (Wildman–Crippen MR) is 65.1 cm³/mol. The van der Waals surface area contributed by atoms with Gasteiger partial charge in [-0.15, -0.1) is 0 Å². The van der Waals surface area contributed by atoms with Crippen molar-refractivity contribution in [3.8, 4) is 0 Å². The van der Waals surface area contributed by atoms with Crippen LogP contribution in [0.5, 0.6) is 0 Å². The quantitative estimate of drug-likeness (QED) is 0.866. The molecule has 0 bridgehead atoms. The van der Waals surface area contributed by atoms with Gasteiger partial charge in [0.05, 0.1) is 0 Å². The number of aryl methyl sites for hydroxylation is 1. The summed E-state index contributed by atoms with van der Waals surface area (Å²) in [7, 11) is 0. The second-order valence-corrected chi connectivity index (χ2v) is 3.96. The lowest BCUT2D eigenvalue weighted by Crippen LogP contribution is -2.35. The summed E-state index contributed by atoms with van der Waals surface area (Å²) in [4.78, 5) is 24.1. The summed E-state index contributed by atoms with van der Waals surface area (Å²) in [5, 5.41) is 8.74. The van der Waals surface area contributed by atoms with E-state index in [1.807, 2.05) is 26.0 Å². The van der Waals surface area contributed by atoms with Gasteiger partial charge in [-0.25, -0.2) is 0 Å². The van der Waals surface area contributed by atoms with Crippen LogP contribution in [0.2, 0.25) is 0 Å². The van der Waals surface area contributed by atoms with Gasteiger partial charge in [-0.3, -0.25) is 9.59 Å². The van der Waals surface area contributed by atoms with E-state index in [0.717, 1.165) is 11.1 Å². The van der Waals surface area contributed by atoms with Crippen molar-refractivity contribution in [3.05, 3.63) is 34.9 Å². The Morgan fingerprint density at radius 1 is 1.29 bits per heavy atom. The molecule has 0 atom stereocenters. The van der Waals surface area contributed by atoms with Crippen LogP contribution in [0.3, 0.4) is 0 Å². The van der Waals surface area contributed by atoms with Crippen molar-refractivity contribution in [2.75, 3.05) is 13.1 Å². The maximum absolute atomic E-state index is 12.1. The molecule has 0 spiro atoms. The first-order valence-corrected chi connectivity index (χ1v) is 5.54. The Balaban J connectivity index is 3.02. The molecule has 0 fully saturated rings. The molecule has 0 saturated carbocycles. The Bertz CT molecular complexity index is 440. The SMILES string of the molecule is CCN(CC(=O)O)C(=O)c1cccc(C)c1C. The molecule has 0 saturated heterocycles. The summed E-state index contributed by atoms with van der Waals surface area (Å²) < 4.78 is 0. The third kappa shape index (κ3) is 3.06. The molecule has 1 rings (SSSR count). The zero-order valence-electron chi connectivity index (χ0n) is 10.4. The molecule has 0 aliphatic carbocycles. The fourth-order valence-corrected chi connectivity index (χ4v) is 1.64. The molecule has 1 N–H and O–H groups in total. The third-order valence-corrected chi connectivity index (χ3v) is 2.83. The van der Waals surface area contributed by atoms with Crippen molar-refractivity contribution in [3.63, 3.8) is 0 Å². The Hall–Kier alpha value is -1.84. The molecule has 92 valence electrons. The number of amides is 1. The van der Waals surface area contributed by atoms with Crippen LogP contribution in [0.25, 0.3) is 0 Å². The van der Waals surface area contributed by atoms with Crippen LogP contribution in [-0.2, 0) is 4.79 Å². The molecule has 0 aliphatic heterocycles. The summed E-state index contributed by atoms with van der Waals surface area (Å²) in [5.41, 5.74) is 2.51. The summed E-state index contributed by atoms with van der Waals surface area (Å²) >= 11 is 0. The molecule has 4 nitrogen and oxygen atoms in total. The van der Waals surface area contributed by atoms with Crippen molar-refractivity contribution in [1.82, 2.24) is 4.90 Å². The Morgan fingerprint density at radius 2 is 1.94 bits per heavy atom. The largest absolute Gasteiger partial charge is 0.480 e. The molecule has 0 unspecified atom stereocenters. The number of carbonyl (C=O) groups is 2. The minimum atomic E-state index is -0.995. The third-order valence-electron chi connectivity index (χ3n) is 2.83. The number of rotatable bonds is 4. The fraction of sp³-hybridized carbons (Fsp3) is 0.385. The highest BCUT2D eigenvalue weighted by atomic mass is 16.4. The first kappa shape index (κ1) is 13.2. The molecule has 1 aromatic rings. The number of carbonyl (C=O) groups excluding carboxylic acids is 1. The normalized spacial score (nSPS) is 10.1. The number of hydrogen-bond donors (Lipinski definition) is 1. The lowest BCUT2D eigenvalue weighted by atomic mass is 10.0. The summed E-state index contributed by atoms with van der Waals surface area (Å²) in [6, 6.07) is 5.47. The molecule has 0 radical (unpaired) electrons.